The van der Waals surface area contributed by atoms with E-state index in [0.717, 1.165) is 0 Å². The molecule has 3 N–H and O–H groups in total. The number of ether oxygens (including phenoxy) is 1. The second-order valence-electron chi connectivity index (χ2n) is 7.06. The lowest BCUT2D eigenvalue weighted by molar-refractivity contribution is 0.0303. The molecule has 1 fully saturated rings. The monoisotopic (exact) mass is 455 g/mol. The van der Waals surface area contributed by atoms with Crippen molar-refractivity contribution < 1.29 is 18.7 Å². The van der Waals surface area contributed by atoms with Crippen molar-refractivity contribution in [2.24, 2.45) is 5.73 Å². The molecule has 32 heavy (non-hydrogen) atoms. The molecule has 4 rings (SSSR count). The van der Waals surface area contributed by atoms with E-state index in [2.05, 4.69) is 15.5 Å². The largest absolute Gasteiger partial charge is 0.378 e. The summed E-state index contributed by atoms with van der Waals surface area (Å²) in [5, 5.41) is 11.0. The molecule has 0 radical (unpaired) electrons. The van der Waals surface area contributed by atoms with Crippen LogP contribution >= 0.6 is 11.6 Å². The third-order valence-electron chi connectivity index (χ3n) is 4.96. The standard InChI is InChI=1S/C22H19ClFN5O3/c23-15-2-1-3-16(24)19(15)17-12-18(20(21(25)30)28-27-17)26-14-6-4-13(5-7-14)22(31)29-8-10-32-11-9-29/h1-7,12H,8-11H2,(H2,25,30)(H,26,27). The predicted molar refractivity (Wildman–Crippen MR) is 117 cm³/mol. The summed E-state index contributed by atoms with van der Waals surface area (Å²) in [6.45, 7) is 2.13. The van der Waals surface area contributed by atoms with Crippen LogP contribution in [-0.2, 0) is 4.74 Å². The lowest BCUT2D eigenvalue weighted by Gasteiger charge is -2.26. The van der Waals surface area contributed by atoms with Crippen LogP contribution in [0.25, 0.3) is 11.3 Å². The molecule has 0 bridgehead atoms. The summed E-state index contributed by atoms with van der Waals surface area (Å²) in [7, 11) is 0. The number of primary amides is 1. The molecule has 3 aromatic rings. The Morgan fingerprint density at radius 1 is 1.09 bits per heavy atom. The van der Waals surface area contributed by atoms with E-state index in [1.54, 1.807) is 29.2 Å². The van der Waals surface area contributed by atoms with Crippen molar-refractivity contribution in [3.05, 3.63) is 70.6 Å². The molecular formula is C22H19ClFN5O3. The molecule has 2 aromatic carbocycles. The normalized spacial score (nSPS) is 13.6. The van der Waals surface area contributed by atoms with Gasteiger partial charge in [0.1, 0.15) is 5.82 Å². The maximum atomic E-state index is 14.3. The molecular weight excluding hydrogens is 437 g/mol. The zero-order valence-corrected chi connectivity index (χ0v) is 17.6. The fraction of sp³-hybridized carbons (Fsp3) is 0.182. The Morgan fingerprint density at radius 2 is 1.81 bits per heavy atom. The number of morpholine rings is 1. The molecule has 1 aliphatic rings. The Kier molecular flexibility index (Phi) is 6.29. The van der Waals surface area contributed by atoms with Crippen molar-refractivity contribution in [3.8, 4) is 11.3 Å². The Bertz CT molecular complexity index is 1150. The van der Waals surface area contributed by atoms with Crippen LogP contribution in [0.3, 0.4) is 0 Å². The van der Waals surface area contributed by atoms with Gasteiger partial charge in [0.25, 0.3) is 11.8 Å². The number of halogens is 2. The highest BCUT2D eigenvalue weighted by Gasteiger charge is 2.20. The third kappa shape index (κ3) is 4.53. The van der Waals surface area contributed by atoms with Gasteiger partial charge in [-0.3, -0.25) is 9.59 Å². The van der Waals surface area contributed by atoms with E-state index in [-0.39, 0.29) is 33.6 Å². The fourth-order valence-electron chi connectivity index (χ4n) is 3.33. The minimum atomic E-state index is -0.801. The van der Waals surface area contributed by atoms with Gasteiger partial charge in [-0.1, -0.05) is 17.7 Å². The number of benzene rings is 2. The molecule has 2 amide bonds. The lowest BCUT2D eigenvalue weighted by Crippen LogP contribution is -2.40. The van der Waals surface area contributed by atoms with Crippen LogP contribution in [0.4, 0.5) is 15.8 Å². The van der Waals surface area contributed by atoms with Gasteiger partial charge in [-0.05, 0) is 42.5 Å². The molecule has 1 saturated heterocycles. The molecule has 0 aliphatic carbocycles. The molecule has 0 unspecified atom stereocenters. The number of nitrogens with zero attached hydrogens (tertiary/aromatic N) is 3. The Hall–Kier alpha value is -3.56. The molecule has 1 aliphatic heterocycles. The number of nitrogens with two attached hydrogens (primary N) is 1. The number of aromatic nitrogens is 2. The molecule has 1 aromatic heterocycles. The first-order valence-electron chi connectivity index (χ1n) is 9.80. The quantitative estimate of drug-likeness (QED) is 0.611. The summed E-state index contributed by atoms with van der Waals surface area (Å²) in [6.07, 6.45) is 0. The fourth-order valence-corrected chi connectivity index (χ4v) is 3.59. The zero-order valence-electron chi connectivity index (χ0n) is 16.8. The van der Waals surface area contributed by atoms with Crippen LogP contribution in [0.2, 0.25) is 5.02 Å². The van der Waals surface area contributed by atoms with Crippen molar-refractivity contribution in [1.29, 1.82) is 0 Å². The second kappa shape index (κ2) is 9.29. The number of hydrogen-bond donors (Lipinski definition) is 2. The average molecular weight is 456 g/mol. The molecule has 2 heterocycles. The van der Waals surface area contributed by atoms with E-state index >= 15 is 0 Å². The van der Waals surface area contributed by atoms with Crippen molar-refractivity contribution in [2.75, 3.05) is 31.6 Å². The first-order chi connectivity index (χ1) is 15.4. The summed E-state index contributed by atoms with van der Waals surface area (Å²) in [6, 6.07) is 12.4. The summed E-state index contributed by atoms with van der Waals surface area (Å²) < 4.78 is 19.6. The molecule has 0 saturated carbocycles. The van der Waals surface area contributed by atoms with E-state index in [0.29, 0.717) is 37.6 Å². The topological polar surface area (TPSA) is 110 Å². The highest BCUT2D eigenvalue weighted by molar-refractivity contribution is 6.33. The van der Waals surface area contributed by atoms with Crippen LogP contribution < -0.4 is 11.1 Å². The van der Waals surface area contributed by atoms with E-state index in [1.807, 2.05) is 0 Å². The lowest BCUT2D eigenvalue weighted by atomic mass is 10.1. The molecule has 10 heteroatoms. The van der Waals surface area contributed by atoms with Gasteiger partial charge in [0, 0.05) is 24.3 Å². The van der Waals surface area contributed by atoms with Gasteiger partial charge in [0.15, 0.2) is 5.69 Å². The van der Waals surface area contributed by atoms with Gasteiger partial charge in [-0.15, -0.1) is 10.2 Å². The number of rotatable bonds is 5. The van der Waals surface area contributed by atoms with Crippen LogP contribution in [0, 0.1) is 5.82 Å². The maximum Gasteiger partial charge on any atom is 0.271 e. The SMILES string of the molecule is NC(=O)c1nnc(-c2c(F)cccc2Cl)cc1Nc1ccc(C(=O)N2CCOCC2)cc1. The van der Waals surface area contributed by atoms with E-state index in [9.17, 15) is 14.0 Å². The van der Waals surface area contributed by atoms with Gasteiger partial charge in [0.2, 0.25) is 0 Å². The minimum Gasteiger partial charge on any atom is -0.378 e. The van der Waals surface area contributed by atoms with Gasteiger partial charge >= 0.3 is 0 Å². The predicted octanol–water partition coefficient (Wildman–Crippen LogP) is 3.25. The van der Waals surface area contributed by atoms with Gasteiger partial charge in [-0.2, -0.15) is 0 Å². The van der Waals surface area contributed by atoms with Crippen LogP contribution in [0.5, 0.6) is 0 Å². The highest BCUT2D eigenvalue weighted by Crippen LogP contribution is 2.31. The van der Waals surface area contributed by atoms with Crippen molar-refractivity contribution in [2.45, 2.75) is 0 Å². The minimum absolute atomic E-state index is 0.0622. The molecule has 0 spiro atoms. The Balaban J connectivity index is 1.61. The van der Waals surface area contributed by atoms with E-state index in [4.69, 9.17) is 22.1 Å². The van der Waals surface area contributed by atoms with Crippen LogP contribution in [0.1, 0.15) is 20.8 Å². The number of carbonyl (C=O) groups excluding carboxylic acids is 2. The van der Waals surface area contributed by atoms with E-state index in [1.165, 1.54) is 24.3 Å². The third-order valence-corrected chi connectivity index (χ3v) is 5.27. The maximum absolute atomic E-state index is 14.3. The summed E-state index contributed by atoms with van der Waals surface area (Å²) in [5.74, 6) is -1.46. The number of amides is 2. The van der Waals surface area contributed by atoms with Crippen LogP contribution in [-0.4, -0.2) is 53.2 Å². The molecule has 164 valence electrons. The van der Waals surface area contributed by atoms with Gasteiger partial charge < -0.3 is 20.7 Å². The molecule has 0 atom stereocenters. The van der Waals surface area contributed by atoms with Gasteiger partial charge in [0.05, 0.1) is 35.2 Å². The Morgan fingerprint density at radius 3 is 2.47 bits per heavy atom. The summed E-state index contributed by atoms with van der Waals surface area (Å²) in [4.78, 5) is 26.2. The van der Waals surface area contributed by atoms with E-state index < -0.39 is 11.7 Å². The number of anilines is 2. The number of hydrogen-bond acceptors (Lipinski definition) is 6. The Labute approximate surface area is 188 Å². The first kappa shape index (κ1) is 21.7. The number of nitrogens with one attached hydrogen (secondary N) is 1. The summed E-state index contributed by atoms with van der Waals surface area (Å²) >= 11 is 6.13. The average Bonchev–Trinajstić information content (AvgIpc) is 2.79. The number of carbonyl (C=O) groups is 2. The first-order valence-corrected chi connectivity index (χ1v) is 10.2. The highest BCUT2D eigenvalue weighted by atomic mass is 35.5. The van der Waals surface area contributed by atoms with Gasteiger partial charge in [-0.25, -0.2) is 4.39 Å². The second-order valence-corrected chi connectivity index (χ2v) is 7.47. The van der Waals surface area contributed by atoms with Crippen molar-refractivity contribution in [3.63, 3.8) is 0 Å². The molecule has 8 nitrogen and oxygen atoms in total. The van der Waals surface area contributed by atoms with Crippen LogP contribution in [0.15, 0.2) is 48.5 Å². The summed E-state index contributed by atoms with van der Waals surface area (Å²) in [5.41, 5.74) is 6.84. The van der Waals surface area contributed by atoms with Crippen molar-refractivity contribution >= 4 is 34.8 Å². The van der Waals surface area contributed by atoms with Crippen molar-refractivity contribution in [1.82, 2.24) is 15.1 Å². The smallest absolute Gasteiger partial charge is 0.271 e. The zero-order chi connectivity index (χ0) is 22.7.